The summed E-state index contributed by atoms with van der Waals surface area (Å²) in [4.78, 5) is 16.2. The zero-order valence-electron chi connectivity index (χ0n) is 10.5. The fourth-order valence-electron chi connectivity index (χ4n) is 2.08. The molecule has 1 saturated heterocycles. The standard InChI is InChI=1S/C14H16N4O/c19-14(17-8-11-6-15-7-11)13-9-16-10-18(13)12-4-2-1-3-5-12/h1-5,9-11,15H,6-8H2,(H,17,19). The molecule has 0 saturated carbocycles. The van der Waals surface area contributed by atoms with Crippen molar-refractivity contribution in [2.45, 2.75) is 0 Å². The van der Waals surface area contributed by atoms with Gasteiger partial charge in [-0.2, -0.15) is 0 Å². The number of rotatable bonds is 4. The lowest BCUT2D eigenvalue weighted by Gasteiger charge is -2.27. The van der Waals surface area contributed by atoms with Gasteiger partial charge in [0.25, 0.3) is 5.91 Å². The fraction of sp³-hybridized carbons (Fsp3) is 0.286. The number of para-hydroxylation sites is 1. The summed E-state index contributed by atoms with van der Waals surface area (Å²) >= 11 is 0. The molecule has 1 fully saturated rings. The number of carbonyl (C=O) groups is 1. The van der Waals surface area contributed by atoms with Gasteiger partial charge in [-0.3, -0.25) is 9.36 Å². The highest BCUT2D eigenvalue weighted by atomic mass is 16.1. The van der Waals surface area contributed by atoms with Crippen molar-refractivity contribution >= 4 is 5.91 Å². The van der Waals surface area contributed by atoms with Gasteiger partial charge in [0, 0.05) is 31.2 Å². The van der Waals surface area contributed by atoms with Gasteiger partial charge in [-0.15, -0.1) is 0 Å². The average Bonchev–Trinajstić information content (AvgIpc) is 2.87. The summed E-state index contributed by atoms with van der Waals surface area (Å²) in [7, 11) is 0. The Labute approximate surface area is 111 Å². The molecule has 2 N–H and O–H groups in total. The van der Waals surface area contributed by atoms with Gasteiger partial charge in [-0.1, -0.05) is 18.2 Å². The van der Waals surface area contributed by atoms with Crippen LogP contribution in [0, 0.1) is 5.92 Å². The molecular formula is C14H16N4O. The van der Waals surface area contributed by atoms with E-state index in [-0.39, 0.29) is 5.91 Å². The van der Waals surface area contributed by atoms with Crippen LogP contribution < -0.4 is 10.6 Å². The van der Waals surface area contributed by atoms with Crippen LogP contribution >= 0.6 is 0 Å². The van der Waals surface area contributed by atoms with Crippen molar-refractivity contribution in [3.63, 3.8) is 0 Å². The minimum atomic E-state index is -0.0757. The van der Waals surface area contributed by atoms with Gasteiger partial charge in [-0.25, -0.2) is 4.98 Å². The number of benzene rings is 1. The van der Waals surface area contributed by atoms with Crippen molar-refractivity contribution in [3.8, 4) is 5.69 Å². The van der Waals surface area contributed by atoms with Crippen LogP contribution in [-0.4, -0.2) is 35.1 Å². The van der Waals surface area contributed by atoms with E-state index in [1.54, 1.807) is 17.1 Å². The first-order valence-corrected chi connectivity index (χ1v) is 6.41. The first-order chi connectivity index (χ1) is 9.34. The van der Waals surface area contributed by atoms with Gasteiger partial charge in [0.1, 0.15) is 5.69 Å². The molecule has 0 radical (unpaired) electrons. The molecule has 19 heavy (non-hydrogen) atoms. The largest absolute Gasteiger partial charge is 0.350 e. The molecule has 0 atom stereocenters. The van der Waals surface area contributed by atoms with E-state index in [4.69, 9.17) is 0 Å². The van der Waals surface area contributed by atoms with E-state index in [1.165, 1.54) is 0 Å². The van der Waals surface area contributed by atoms with Crippen LogP contribution in [0.4, 0.5) is 0 Å². The Morgan fingerprint density at radius 1 is 1.37 bits per heavy atom. The highest BCUT2D eigenvalue weighted by Crippen LogP contribution is 2.11. The molecule has 0 bridgehead atoms. The van der Waals surface area contributed by atoms with Crippen LogP contribution in [0.5, 0.6) is 0 Å². The summed E-state index contributed by atoms with van der Waals surface area (Å²) in [5.74, 6) is 0.477. The summed E-state index contributed by atoms with van der Waals surface area (Å²) in [6.07, 6.45) is 3.26. The van der Waals surface area contributed by atoms with Gasteiger partial charge >= 0.3 is 0 Å². The van der Waals surface area contributed by atoms with E-state index in [1.807, 2.05) is 30.3 Å². The van der Waals surface area contributed by atoms with E-state index in [0.717, 1.165) is 18.8 Å². The molecule has 98 valence electrons. The van der Waals surface area contributed by atoms with Crippen molar-refractivity contribution in [3.05, 3.63) is 48.5 Å². The Kier molecular flexibility index (Phi) is 3.29. The van der Waals surface area contributed by atoms with Gasteiger partial charge in [0.15, 0.2) is 0 Å². The zero-order valence-corrected chi connectivity index (χ0v) is 10.5. The lowest BCUT2D eigenvalue weighted by atomic mass is 10.0. The number of carbonyl (C=O) groups excluding carboxylic acids is 1. The zero-order chi connectivity index (χ0) is 13.1. The molecule has 1 aromatic carbocycles. The summed E-state index contributed by atoms with van der Waals surface area (Å²) < 4.78 is 1.80. The average molecular weight is 256 g/mol. The molecular weight excluding hydrogens is 240 g/mol. The smallest absolute Gasteiger partial charge is 0.269 e. The minimum Gasteiger partial charge on any atom is -0.350 e. The third-order valence-corrected chi connectivity index (χ3v) is 3.32. The Morgan fingerprint density at radius 2 is 2.16 bits per heavy atom. The monoisotopic (exact) mass is 256 g/mol. The van der Waals surface area contributed by atoms with Gasteiger partial charge in [0.2, 0.25) is 0 Å². The number of aromatic nitrogens is 2. The molecule has 3 rings (SSSR count). The molecule has 0 spiro atoms. The second-order valence-electron chi connectivity index (χ2n) is 4.72. The molecule has 1 aromatic heterocycles. The number of hydrogen-bond donors (Lipinski definition) is 2. The highest BCUT2D eigenvalue weighted by Gasteiger charge is 2.19. The van der Waals surface area contributed by atoms with E-state index >= 15 is 0 Å². The summed E-state index contributed by atoms with van der Waals surface area (Å²) in [6, 6.07) is 9.74. The molecule has 1 aliphatic rings. The quantitative estimate of drug-likeness (QED) is 0.851. The third kappa shape index (κ3) is 2.51. The van der Waals surface area contributed by atoms with E-state index in [2.05, 4.69) is 15.6 Å². The van der Waals surface area contributed by atoms with E-state index in [0.29, 0.717) is 18.2 Å². The Morgan fingerprint density at radius 3 is 2.84 bits per heavy atom. The van der Waals surface area contributed by atoms with Crippen molar-refractivity contribution in [2.75, 3.05) is 19.6 Å². The van der Waals surface area contributed by atoms with Crippen LogP contribution in [0.15, 0.2) is 42.9 Å². The number of nitrogens with one attached hydrogen (secondary N) is 2. The SMILES string of the molecule is O=C(NCC1CNC1)c1cncn1-c1ccccc1. The number of nitrogens with zero attached hydrogens (tertiary/aromatic N) is 2. The Hall–Kier alpha value is -2.14. The maximum Gasteiger partial charge on any atom is 0.269 e. The van der Waals surface area contributed by atoms with Crippen LogP contribution in [0.25, 0.3) is 5.69 Å². The Bertz CT molecular complexity index is 560. The third-order valence-electron chi connectivity index (χ3n) is 3.32. The molecule has 0 unspecified atom stereocenters. The normalized spacial score (nSPS) is 14.9. The fourth-order valence-corrected chi connectivity index (χ4v) is 2.08. The number of amides is 1. The lowest BCUT2D eigenvalue weighted by molar-refractivity contribution is 0.0935. The first-order valence-electron chi connectivity index (χ1n) is 6.41. The van der Waals surface area contributed by atoms with Crippen molar-refractivity contribution in [1.82, 2.24) is 20.2 Å². The van der Waals surface area contributed by atoms with Gasteiger partial charge in [0.05, 0.1) is 12.5 Å². The predicted molar refractivity (Wildman–Crippen MR) is 72.3 cm³/mol. The lowest BCUT2D eigenvalue weighted by Crippen LogP contribution is -2.48. The van der Waals surface area contributed by atoms with Gasteiger partial charge in [-0.05, 0) is 12.1 Å². The second-order valence-corrected chi connectivity index (χ2v) is 4.72. The van der Waals surface area contributed by atoms with Crippen LogP contribution in [0.2, 0.25) is 0 Å². The number of imidazole rings is 1. The van der Waals surface area contributed by atoms with Crippen molar-refractivity contribution in [1.29, 1.82) is 0 Å². The van der Waals surface area contributed by atoms with Crippen LogP contribution in [0.3, 0.4) is 0 Å². The molecule has 5 heteroatoms. The second kappa shape index (κ2) is 5.24. The van der Waals surface area contributed by atoms with Crippen molar-refractivity contribution < 1.29 is 4.79 Å². The molecule has 5 nitrogen and oxygen atoms in total. The predicted octanol–water partition coefficient (Wildman–Crippen LogP) is 0.821. The van der Waals surface area contributed by atoms with Crippen LogP contribution in [-0.2, 0) is 0 Å². The van der Waals surface area contributed by atoms with Gasteiger partial charge < -0.3 is 10.6 Å². The topological polar surface area (TPSA) is 59.0 Å². The minimum absolute atomic E-state index is 0.0757. The summed E-state index contributed by atoms with van der Waals surface area (Å²) in [6.45, 7) is 2.68. The first kappa shape index (κ1) is 11.9. The molecule has 1 amide bonds. The maximum atomic E-state index is 12.2. The van der Waals surface area contributed by atoms with E-state index < -0.39 is 0 Å². The molecule has 2 heterocycles. The summed E-state index contributed by atoms with van der Waals surface area (Å²) in [5.41, 5.74) is 1.51. The van der Waals surface area contributed by atoms with Crippen LogP contribution in [0.1, 0.15) is 10.5 Å². The molecule has 2 aromatic rings. The molecule has 1 aliphatic heterocycles. The Balaban J connectivity index is 1.74. The number of hydrogen-bond acceptors (Lipinski definition) is 3. The van der Waals surface area contributed by atoms with E-state index in [9.17, 15) is 4.79 Å². The van der Waals surface area contributed by atoms with Crippen molar-refractivity contribution in [2.24, 2.45) is 5.92 Å². The maximum absolute atomic E-state index is 12.2. The highest BCUT2D eigenvalue weighted by molar-refractivity contribution is 5.93. The molecule has 0 aliphatic carbocycles. The summed E-state index contributed by atoms with van der Waals surface area (Å²) in [5, 5.41) is 6.15.